The van der Waals surface area contributed by atoms with Gasteiger partial charge in [-0.05, 0) is 61.5 Å². The van der Waals surface area contributed by atoms with Gasteiger partial charge in [0.1, 0.15) is 0 Å². The lowest BCUT2D eigenvalue weighted by Crippen LogP contribution is -2.26. The molecule has 160 valence electrons. The third-order valence-corrected chi connectivity index (χ3v) is 5.08. The Morgan fingerprint density at radius 1 is 0.938 bits per heavy atom. The fraction of sp³-hybridized carbons (Fsp3) is 0.120. The maximum Gasteiger partial charge on any atom is 0.264 e. The normalized spacial score (nSPS) is 10.7. The van der Waals surface area contributed by atoms with Crippen LogP contribution in [0.15, 0.2) is 71.4 Å². The molecule has 0 aliphatic heterocycles. The molecule has 0 unspecified atom stereocenters. The number of rotatable bonds is 6. The number of nitrogens with zero attached hydrogens (tertiary/aromatic N) is 2. The van der Waals surface area contributed by atoms with Crippen LogP contribution in [0.4, 0.5) is 11.4 Å². The van der Waals surface area contributed by atoms with Crippen molar-refractivity contribution >= 4 is 39.8 Å². The Hall–Kier alpha value is -4.26. The van der Waals surface area contributed by atoms with E-state index in [0.717, 1.165) is 0 Å². The highest BCUT2D eigenvalue weighted by atomic mass is 16.5. The number of aromatic nitrogens is 1. The van der Waals surface area contributed by atoms with Gasteiger partial charge >= 0.3 is 0 Å². The van der Waals surface area contributed by atoms with Crippen molar-refractivity contribution in [3.05, 3.63) is 83.9 Å². The van der Waals surface area contributed by atoms with Crippen LogP contribution in [0.3, 0.4) is 0 Å². The van der Waals surface area contributed by atoms with Crippen molar-refractivity contribution in [1.29, 1.82) is 0 Å². The topological polar surface area (TPSA) is 89.7 Å². The molecule has 0 saturated carbocycles. The second-order valence-corrected chi connectivity index (χ2v) is 7.18. The van der Waals surface area contributed by atoms with E-state index in [2.05, 4.69) is 4.98 Å². The number of Topliss-reactive ketones (excluding diaryl/α,β-unsaturated/α-hetero) is 2. The van der Waals surface area contributed by atoms with Gasteiger partial charge in [-0.2, -0.15) is 0 Å². The van der Waals surface area contributed by atoms with E-state index in [4.69, 9.17) is 9.15 Å². The van der Waals surface area contributed by atoms with Gasteiger partial charge in [-0.3, -0.25) is 24.3 Å². The Balaban J connectivity index is 1.96. The van der Waals surface area contributed by atoms with Gasteiger partial charge in [0.2, 0.25) is 0 Å². The largest absolute Gasteiger partial charge is 0.493 e. The number of fused-ring (bicyclic) bond motifs is 1. The molecule has 2 aromatic heterocycles. The van der Waals surface area contributed by atoms with Crippen LogP contribution < -0.4 is 9.64 Å². The Morgan fingerprint density at radius 3 is 2.28 bits per heavy atom. The second kappa shape index (κ2) is 8.47. The molecule has 2 aromatic carbocycles. The van der Waals surface area contributed by atoms with E-state index in [-0.39, 0.29) is 23.2 Å². The van der Waals surface area contributed by atoms with Gasteiger partial charge in [-0.1, -0.05) is 0 Å². The van der Waals surface area contributed by atoms with E-state index in [1.807, 2.05) is 0 Å². The highest BCUT2D eigenvalue weighted by Crippen LogP contribution is 2.39. The average Bonchev–Trinajstić information content (AvgIpc) is 3.26. The number of ether oxygens (including phenoxy) is 1. The number of carbonyl (C=O) groups excluding carboxylic acids is 3. The van der Waals surface area contributed by atoms with Crippen molar-refractivity contribution in [3.8, 4) is 5.75 Å². The van der Waals surface area contributed by atoms with Crippen LogP contribution in [0.2, 0.25) is 0 Å². The van der Waals surface area contributed by atoms with Crippen LogP contribution >= 0.6 is 0 Å². The summed E-state index contributed by atoms with van der Waals surface area (Å²) in [5.41, 5.74) is 2.31. The van der Waals surface area contributed by atoms with Crippen molar-refractivity contribution in [2.75, 3.05) is 12.0 Å². The lowest BCUT2D eigenvalue weighted by Gasteiger charge is -2.24. The molecule has 32 heavy (non-hydrogen) atoms. The monoisotopic (exact) mass is 428 g/mol. The number of methoxy groups -OCH3 is 1. The van der Waals surface area contributed by atoms with Crippen molar-refractivity contribution in [3.63, 3.8) is 0 Å². The van der Waals surface area contributed by atoms with Gasteiger partial charge in [0.25, 0.3) is 5.91 Å². The number of anilines is 2. The van der Waals surface area contributed by atoms with Crippen LogP contribution in [0.1, 0.15) is 45.1 Å². The molecule has 7 heteroatoms. The zero-order chi connectivity index (χ0) is 22.8. The summed E-state index contributed by atoms with van der Waals surface area (Å²) in [4.78, 5) is 42.8. The molecule has 0 spiro atoms. The molecule has 0 aliphatic carbocycles. The SMILES string of the molecule is COc1ccc(N(C(=O)c2cccnc2)c2ccc(C(C)=O)cc2)c2cc(C(C)=O)oc12. The molecule has 4 aromatic rings. The highest BCUT2D eigenvalue weighted by molar-refractivity contribution is 6.16. The number of hydrogen-bond acceptors (Lipinski definition) is 6. The van der Waals surface area contributed by atoms with Gasteiger partial charge in [0.15, 0.2) is 28.7 Å². The fourth-order valence-corrected chi connectivity index (χ4v) is 3.44. The summed E-state index contributed by atoms with van der Waals surface area (Å²) < 4.78 is 11.1. The van der Waals surface area contributed by atoms with Gasteiger partial charge in [-0.15, -0.1) is 0 Å². The standard InChI is InChI=1S/C25H20N2O5/c1-15(28)17-6-8-19(9-7-17)27(25(30)18-5-4-12-26-14-18)21-10-11-22(31-3)24-20(21)13-23(32-24)16(2)29/h4-14H,1-3H3. The summed E-state index contributed by atoms with van der Waals surface area (Å²) in [6.45, 7) is 2.89. The molecular formula is C25H20N2O5. The summed E-state index contributed by atoms with van der Waals surface area (Å²) in [6, 6.07) is 15.1. The molecular weight excluding hydrogens is 408 g/mol. The molecule has 2 heterocycles. The first-order valence-electron chi connectivity index (χ1n) is 9.87. The number of amides is 1. The van der Waals surface area contributed by atoms with Crippen LogP contribution in [-0.2, 0) is 0 Å². The molecule has 0 aliphatic rings. The zero-order valence-corrected chi connectivity index (χ0v) is 17.8. The molecule has 0 atom stereocenters. The number of hydrogen-bond donors (Lipinski definition) is 0. The fourth-order valence-electron chi connectivity index (χ4n) is 3.44. The first-order chi connectivity index (χ1) is 15.4. The van der Waals surface area contributed by atoms with Crippen molar-refractivity contribution in [1.82, 2.24) is 4.98 Å². The Bertz CT molecular complexity index is 1320. The van der Waals surface area contributed by atoms with E-state index in [0.29, 0.717) is 39.2 Å². The van der Waals surface area contributed by atoms with Crippen molar-refractivity contribution in [2.45, 2.75) is 13.8 Å². The summed E-state index contributed by atoms with van der Waals surface area (Å²) in [6.07, 6.45) is 3.07. The minimum atomic E-state index is -0.328. The van der Waals surface area contributed by atoms with E-state index < -0.39 is 0 Å². The lowest BCUT2D eigenvalue weighted by atomic mass is 10.1. The second-order valence-electron chi connectivity index (χ2n) is 7.18. The Labute approximate surface area is 184 Å². The molecule has 7 nitrogen and oxygen atoms in total. The van der Waals surface area contributed by atoms with Crippen LogP contribution in [0.5, 0.6) is 5.75 Å². The van der Waals surface area contributed by atoms with Gasteiger partial charge < -0.3 is 9.15 Å². The summed E-state index contributed by atoms with van der Waals surface area (Å²) >= 11 is 0. The van der Waals surface area contributed by atoms with Crippen molar-refractivity contribution < 1.29 is 23.5 Å². The molecule has 1 amide bonds. The van der Waals surface area contributed by atoms with Gasteiger partial charge in [0.05, 0.1) is 18.4 Å². The summed E-state index contributed by atoms with van der Waals surface area (Å²) in [7, 11) is 1.50. The molecule has 0 bridgehead atoms. The minimum Gasteiger partial charge on any atom is -0.493 e. The van der Waals surface area contributed by atoms with E-state index in [1.54, 1.807) is 60.8 Å². The number of benzene rings is 2. The third-order valence-electron chi connectivity index (χ3n) is 5.08. The van der Waals surface area contributed by atoms with Crippen molar-refractivity contribution in [2.24, 2.45) is 0 Å². The first-order valence-corrected chi connectivity index (χ1v) is 9.87. The number of ketones is 2. The maximum absolute atomic E-state index is 13.6. The lowest BCUT2D eigenvalue weighted by molar-refractivity contribution is 0.0984. The molecule has 0 radical (unpaired) electrons. The van der Waals surface area contributed by atoms with Gasteiger partial charge in [-0.25, -0.2) is 0 Å². The quantitative estimate of drug-likeness (QED) is 0.391. The minimum absolute atomic E-state index is 0.0746. The third kappa shape index (κ3) is 3.76. The average molecular weight is 428 g/mol. The predicted molar refractivity (Wildman–Crippen MR) is 120 cm³/mol. The number of carbonyl (C=O) groups is 3. The smallest absolute Gasteiger partial charge is 0.264 e. The summed E-state index contributed by atoms with van der Waals surface area (Å²) in [5, 5.41) is 0.544. The van der Waals surface area contributed by atoms with E-state index in [9.17, 15) is 14.4 Å². The van der Waals surface area contributed by atoms with E-state index in [1.165, 1.54) is 32.1 Å². The van der Waals surface area contributed by atoms with Crippen LogP contribution in [0, 0.1) is 0 Å². The number of pyridine rings is 1. The number of furan rings is 1. The molecule has 0 N–H and O–H groups in total. The first kappa shape index (κ1) is 21.0. The maximum atomic E-state index is 13.6. The highest BCUT2D eigenvalue weighted by Gasteiger charge is 2.25. The predicted octanol–water partition coefficient (Wildman–Crippen LogP) is 5.22. The zero-order valence-electron chi connectivity index (χ0n) is 17.8. The summed E-state index contributed by atoms with van der Waals surface area (Å²) in [5.74, 6) is -0.0475. The molecule has 4 rings (SSSR count). The van der Waals surface area contributed by atoms with Crippen LogP contribution in [-0.4, -0.2) is 29.6 Å². The Morgan fingerprint density at radius 2 is 1.69 bits per heavy atom. The van der Waals surface area contributed by atoms with E-state index >= 15 is 0 Å². The Kier molecular flexibility index (Phi) is 5.55. The molecule has 0 saturated heterocycles. The van der Waals surface area contributed by atoms with Gasteiger partial charge in [0, 0.05) is 36.0 Å². The van der Waals surface area contributed by atoms with Crippen LogP contribution in [0.25, 0.3) is 11.0 Å². The molecule has 0 fully saturated rings.